The van der Waals surface area contributed by atoms with Crippen LogP contribution >= 0.6 is 0 Å². The van der Waals surface area contributed by atoms with E-state index in [1.165, 1.54) is 0 Å². The average Bonchev–Trinajstić information content (AvgIpc) is 2.30. The van der Waals surface area contributed by atoms with Crippen molar-refractivity contribution < 1.29 is 9.53 Å². The second-order valence-electron chi connectivity index (χ2n) is 3.87. The van der Waals surface area contributed by atoms with Crippen LogP contribution in [0, 0.1) is 5.92 Å². The number of carbonyl (C=O) groups excluding carboxylic acids is 1. The summed E-state index contributed by atoms with van der Waals surface area (Å²) >= 11 is 0. The highest BCUT2D eigenvalue weighted by molar-refractivity contribution is 5.91. The normalized spacial score (nSPS) is 23.2. The zero-order chi connectivity index (χ0) is 9.30. The topological polar surface area (TPSA) is 26.3 Å². The first-order chi connectivity index (χ1) is 5.52. The maximum atomic E-state index is 11.3. The highest BCUT2D eigenvalue weighted by Gasteiger charge is 2.31. The second-order valence-corrected chi connectivity index (χ2v) is 3.87. The SMILES string of the molecule is CC(C)=C1CC(C(C)C)OC1=O. The van der Waals surface area contributed by atoms with Crippen molar-refractivity contribution in [3.8, 4) is 0 Å². The number of cyclic esters (lactones) is 1. The van der Waals surface area contributed by atoms with Gasteiger partial charge >= 0.3 is 5.97 Å². The van der Waals surface area contributed by atoms with Crippen LogP contribution in [-0.4, -0.2) is 12.1 Å². The van der Waals surface area contributed by atoms with E-state index in [0.717, 1.165) is 17.6 Å². The summed E-state index contributed by atoms with van der Waals surface area (Å²) in [7, 11) is 0. The van der Waals surface area contributed by atoms with E-state index in [9.17, 15) is 4.79 Å². The zero-order valence-electron chi connectivity index (χ0n) is 8.18. The molecule has 1 rings (SSSR count). The van der Waals surface area contributed by atoms with Crippen molar-refractivity contribution >= 4 is 5.97 Å². The Morgan fingerprint density at radius 2 is 2.08 bits per heavy atom. The third-order valence-electron chi connectivity index (χ3n) is 2.26. The number of rotatable bonds is 1. The van der Waals surface area contributed by atoms with Crippen LogP contribution in [0.1, 0.15) is 34.1 Å². The molecule has 0 bridgehead atoms. The Kier molecular flexibility index (Phi) is 2.55. The molecule has 12 heavy (non-hydrogen) atoms. The van der Waals surface area contributed by atoms with Gasteiger partial charge in [0.15, 0.2) is 0 Å². The smallest absolute Gasteiger partial charge is 0.334 e. The molecular weight excluding hydrogens is 152 g/mol. The molecule has 0 aromatic carbocycles. The molecule has 1 aliphatic rings. The van der Waals surface area contributed by atoms with E-state index in [4.69, 9.17) is 4.74 Å². The van der Waals surface area contributed by atoms with Gasteiger partial charge in [0.2, 0.25) is 0 Å². The maximum absolute atomic E-state index is 11.3. The van der Waals surface area contributed by atoms with E-state index in [-0.39, 0.29) is 12.1 Å². The molecule has 68 valence electrons. The second kappa shape index (κ2) is 3.30. The van der Waals surface area contributed by atoms with E-state index in [2.05, 4.69) is 13.8 Å². The molecule has 1 atom stereocenters. The zero-order valence-corrected chi connectivity index (χ0v) is 8.18. The molecule has 0 amide bonds. The lowest BCUT2D eigenvalue weighted by molar-refractivity contribution is -0.140. The van der Waals surface area contributed by atoms with Gasteiger partial charge in [-0.15, -0.1) is 0 Å². The number of allylic oxidation sites excluding steroid dienone is 1. The van der Waals surface area contributed by atoms with Gasteiger partial charge in [0.05, 0.1) is 0 Å². The van der Waals surface area contributed by atoms with Gasteiger partial charge in [0.1, 0.15) is 6.10 Å². The van der Waals surface area contributed by atoms with Gasteiger partial charge < -0.3 is 4.74 Å². The minimum atomic E-state index is -0.117. The maximum Gasteiger partial charge on any atom is 0.334 e. The van der Waals surface area contributed by atoms with Crippen molar-refractivity contribution in [2.75, 3.05) is 0 Å². The molecule has 1 heterocycles. The van der Waals surface area contributed by atoms with Crippen molar-refractivity contribution in [1.82, 2.24) is 0 Å². The molecule has 0 N–H and O–H groups in total. The van der Waals surface area contributed by atoms with Gasteiger partial charge in [-0.2, -0.15) is 0 Å². The third-order valence-corrected chi connectivity index (χ3v) is 2.26. The first kappa shape index (κ1) is 9.30. The van der Waals surface area contributed by atoms with Crippen LogP contribution in [0.15, 0.2) is 11.1 Å². The van der Waals surface area contributed by atoms with Gasteiger partial charge in [-0.05, 0) is 19.8 Å². The fourth-order valence-corrected chi connectivity index (χ4v) is 1.31. The van der Waals surface area contributed by atoms with E-state index in [1.54, 1.807) is 0 Å². The van der Waals surface area contributed by atoms with Crippen LogP contribution in [0.4, 0.5) is 0 Å². The lowest BCUT2D eigenvalue weighted by Crippen LogP contribution is -2.13. The van der Waals surface area contributed by atoms with E-state index < -0.39 is 0 Å². The van der Waals surface area contributed by atoms with E-state index in [0.29, 0.717) is 5.92 Å². The molecule has 0 spiro atoms. The van der Waals surface area contributed by atoms with Crippen molar-refractivity contribution in [2.45, 2.75) is 40.2 Å². The summed E-state index contributed by atoms with van der Waals surface area (Å²) in [6, 6.07) is 0. The van der Waals surface area contributed by atoms with Crippen LogP contribution in [0.2, 0.25) is 0 Å². The summed E-state index contributed by atoms with van der Waals surface area (Å²) < 4.78 is 5.20. The lowest BCUT2D eigenvalue weighted by atomic mass is 10.00. The standard InChI is InChI=1S/C10H16O2/c1-6(2)8-5-9(7(3)4)12-10(8)11/h7,9H,5H2,1-4H3. The van der Waals surface area contributed by atoms with Gasteiger partial charge in [-0.25, -0.2) is 4.79 Å². The number of esters is 1. The predicted molar refractivity (Wildman–Crippen MR) is 47.7 cm³/mol. The number of ether oxygens (including phenoxy) is 1. The van der Waals surface area contributed by atoms with Crippen LogP contribution in [0.5, 0.6) is 0 Å². The van der Waals surface area contributed by atoms with Crippen LogP contribution < -0.4 is 0 Å². The fraction of sp³-hybridized carbons (Fsp3) is 0.700. The monoisotopic (exact) mass is 168 g/mol. The Morgan fingerprint density at radius 3 is 2.33 bits per heavy atom. The summed E-state index contributed by atoms with van der Waals surface area (Å²) in [6.07, 6.45) is 0.890. The molecule has 1 unspecified atom stereocenters. The molecule has 0 radical (unpaired) electrons. The molecule has 1 aliphatic heterocycles. The number of carbonyl (C=O) groups is 1. The largest absolute Gasteiger partial charge is 0.458 e. The lowest BCUT2D eigenvalue weighted by Gasteiger charge is -2.11. The first-order valence-electron chi connectivity index (χ1n) is 4.39. The Bertz CT molecular complexity index is 222. The first-order valence-corrected chi connectivity index (χ1v) is 4.39. The van der Waals surface area contributed by atoms with Crippen LogP contribution in [0.3, 0.4) is 0 Å². The summed E-state index contributed by atoms with van der Waals surface area (Å²) in [4.78, 5) is 11.3. The van der Waals surface area contributed by atoms with Crippen molar-refractivity contribution in [3.05, 3.63) is 11.1 Å². The molecule has 1 saturated heterocycles. The van der Waals surface area contributed by atoms with Crippen molar-refractivity contribution in [2.24, 2.45) is 5.92 Å². The Hall–Kier alpha value is -0.790. The van der Waals surface area contributed by atoms with E-state index >= 15 is 0 Å². The third kappa shape index (κ3) is 1.68. The van der Waals surface area contributed by atoms with Crippen molar-refractivity contribution in [1.29, 1.82) is 0 Å². The molecular formula is C10H16O2. The average molecular weight is 168 g/mol. The molecule has 1 fully saturated rings. The van der Waals surface area contributed by atoms with Gasteiger partial charge in [0.25, 0.3) is 0 Å². The summed E-state index contributed by atoms with van der Waals surface area (Å²) in [5, 5.41) is 0. The van der Waals surface area contributed by atoms with Gasteiger partial charge in [-0.3, -0.25) is 0 Å². The molecule has 0 aromatic rings. The fourth-order valence-electron chi connectivity index (χ4n) is 1.31. The molecule has 0 aromatic heterocycles. The highest BCUT2D eigenvalue weighted by Crippen LogP contribution is 2.27. The number of hydrogen-bond acceptors (Lipinski definition) is 2. The quantitative estimate of drug-likeness (QED) is 0.443. The summed E-state index contributed by atoms with van der Waals surface area (Å²) in [5.41, 5.74) is 1.96. The minimum absolute atomic E-state index is 0.0994. The van der Waals surface area contributed by atoms with Gasteiger partial charge in [-0.1, -0.05) is 19.4 Å². The summed E-state index contributed by atoms with van der Waals surface area (Å²) in [6.45, 7) is 8.07. The predicted octanol–water partition coefficient (Wildman–Crippen LogP) is 2.29. The highest BCUT2D eigenvalue weighted by atomic mass is 16.5. The van der Waals surface area contributed by atoms with Crippen molar-refractivity contribution in [3.63, 3.8) is 0 Å². The number of hydrogen-bond donors (Lipinski definition) is 0. The van der Waals surface area contributed by atoms with Crippen LogP contribution in [-0.2, 0) is 9.53 Å². The Morgan fingerprint density at radius 1 is 1.50 bits per heavy atom. The van der Waals surface area contributed by atoms with Gasteiger partial charge in [0, 0.05) is 12.0 Å². The molecule has 0 saturated carbocycles. The Balaban J connectivity index is 2.76. The molecule has 2 nitrogen and oxygen atoms in total. The molecule has 0 aliphatic carbocycles. The summed E-state index contributed by atoms with van der Waals surface area (Å²) in [5.74, 6) is 0.305. The van der Waals surface area contributed by atoms with Crippen LogP contribution in [0.25, 0.3) is 0 Å². The molecule has 2 heteroatoms. The van der Waals surface area contributed by atoms with E-state index in [1.807, 2.05) is 13.8 Å². The Labute approximate surface area is 73.6 Å². The minimum Gasteiger partial charge on any atom is -0.458 e.